The van der Waals surface area contributed by atoms with E-state index in [9.17, 15) is 9.59 Å². The lowest BCUT2D eigenvalue weighted by Gasteiger charge is -2.18. The van der Waals surface area contributed by atoms with E-state index in [1.54, 1.807) is 0 Å². The second kappa shape index (κ2) is 52.9. The van der Waals surface area contributed by atoms with E-state index in [1.807, 2.05) is 6.08 Å². The van der Waals surface area contributed by atoms with Crippen molar-refractivity contribution in [3.8, 4) is 0 Å². The minimum absolute atomic E-state index is 0.0577. The molecule has 62 heavy (non-hydrogen) atoms. The molecule has 0 rings (SSSR count). The predicted molar refractivity (Wildman–Crippen MR) is 270 cm³/mol. The van der Waals surface area contributed by atoms with E-state index < -0.39 is 6.10 Å². The highest BCUT2D eigenvalue weighted by molar-refractivity contribution is 5.70. The van der Waals surface area contributed by atoms with E-state index in [2.05, 4.69) is 75.5 Å². The van der Waals surface area contributed by atoms with Gasteiger partial charge in [0.15, 0.2) is 6.10 Å². The van der Waals surface area contributed by atoms with Gasteiger partial charge in [-0.05, 0) is 70.6 Å². The third-order valence-electron chi connectivity index (χ3n) is 11.6. The number of carbonyl (C=O) groups excluding carboxylic acids is 2. The summed E-state index contributed by atoms with van der Waals surface area (Å²) in [6.07, 6.45) is 66.8. The number of unbranched alkanes of at least 4 members (excludes halogenated alkanes) is 28. The average molecular weight is 867 g/mol. The Bertz CT molecular complexity index is 1070. The summed E-state index contributed by atoms with van der Waals surface area (Å²) >= 11 is 0. The van der Waals surface area contributed by atoms with Gasteiger partial charge in [-0.2, -0.15) is 0 Å². The summed E-state index contributed by atoms with van der Waals surface area (Å²) in [4.78, 5) is 25.4. The highest BCUT2D eigenvalue weighted by atomic mass is 16.6. The van der Waals surface area contributed by atoms with E-state index in [-0.39, 0.29) is 25.2 Å². The van der Waals surface area contributed by atoms with E-state index in [4.69, 9.17) is 14.2 Å². The third-order valence-corrected chi connectivity index (χ3v) is 11.6. The maximum atomic E-state index is 12.8. The molecule has 0 aromatic heterocycles. The first kappa shape index (κ1) is 59.6. The van der Waals surface area contributed by atoms with Crippen LogP contribution >= 0.6 is 0 Å². The SMILES string of the molecule is CC/C=C\C/C=C\C/C=C\C/C=C\CCC(=O)OC(COCCCCCCCCCCCCCCCC)COC(=O)CCCCCCCCCCC/C=C\CCCCCCCC. The van der Waals surface area contributed by atoms with Crippen molar-refractivity contribution in [2.45, 2.75) is 271 Å². The highest BCUT2D eigenvalue weighted by Crippen LogP contribution is 2.15. The lowest BCUT2D eigenvalue weighted by atomic mass is 10.0. The summed E-state index contributed by atoms with van der Waals surface area (Å²) in [5.74, 6) is -0.483. The summed E-state index contributed by atoms with van der Waals surface area (Å²) in [6.45, 7) is 7.66. The standard InChI is InChI=1S/C57H102O5/c1-4-7-10-13-16-19-22-25-27-28-29-30-31-33-35-38-41-44-47-50-56(58)61-54-55(53-60-52-49-46-43-40-37-34-26-23-20-17-14-11-8-5-2)62-57(59)51-48-45-42-39-36-32-24-21-18-15-12-9-6-3/h9,12,18,21,25,27,32,36,42,45,55H,4-8,10-11,13-17,19-20,22-24,26,28-31,33-35,37-41,43-44,46-54H2,1-3H3/b12-9-,21-18-,27-25-,36-32-,45-42-. The zero-order valence-electron chi connectivity index (χ0n) is 41.4. The average Bonchev–Trinajstić information content (AvgIpc) is 3.27. The molecule has 0 bridgehead atoms. The molecule has 0 heterocycles. The van der Waals surface area contributed by atoms with E-state index in [0.29, 0.717) is 25.9 Å². The minimum atomic E-state index is -0.573. The molecule has 0 saturated carbocycles. The Labute approximate surface area is 385 Å². The van der Waals surface area contributed by atoms with Crippen LogP contribution in [0.1, 0.15) is 265 Å². The molecule has 1 atom stereocenters. The summed E-state index contributed by atoms with van der Waals surface area (Å²) in [7, 11) is 0. The monoisotopic (exact) mass is 867 g/mol. The molecular formula is C57H102O5. The topological polar surface area (TPSA) is 61.8 Å². The van der Waals surface area contributed by atoms with Gasteiger partial charge in [0.2, 0.25) is 0 Å². The Hall–Kier alpha value is -2.40. The van der Waals surface area contributed by atoms with Crippen molar-refractivity contribution < 1.29 is 23.8 Å². The van der Waals surface area contributed by atoms with Crippen LogP contribution in [0, 0.1) is 0 Å². The fourth-order valence-electron chi connectivity index (χ4n) is 7.58. The Kier molecular flexibility index (Phi) is 50.9. The summed E-state index contributed by atoms with van der Waals surface area (Å²) < 4.78 is 17.3. The van der Waals surface area contributed by atoms with Crippen molar-refractivity contribution >= 4 is 11.9 Å². The molecule has 0 saturated heterocycles. The Morgan fingerprint density at radius 3 is 1.23 bits per heavy atom. The Morgan fingerprint density at radius 1 is 0.371 bits per heavy atom. The van der Waals surface area contributed by atoms with Crippen LogP contribution in [0.25, 0.3) is 0 Å². The first-order valence-corrected chi connectivity index (χ1v) is 26.8. The van der Waals surface area contributed by atoms with Gasteiger partial charge in [-0.3, -0.25) is 9.59 Å². The molecule has 0 N–H and O–H groups in total. The Balaban J connectivity index is 4.28. The van der Waals surface area contributed by atoms with Crippen LogP contribution in [0.15, 0.2) is 60.8 Å². The molecule has 0 aliphatic carbocycles. The van der Waals surface area contributed by atoms with Crippen molar-refractivity contribution in [3.63, 3.8) is 0 Å². The highest BCUT2D eigenvalue weighted by Gasteiger charge is 2.17. The van der Waals surface area contributed by atoms with Gasteiger partial charge in [0, 0.05) is 19.4 Å². The third kappa shape index (κ3) is 50.2. The molecular weight excluding hydrogens is 765 g/mol. The first-order chi connectivity index (χ1) is 30.6. The largest absolute Gasteiger partial charge is 0.462 e. The van der Waals surface area contributed by atoms with Crippen LogP contribution in [0.4, 0.5) is 0 Å². The smallest absolute Gasteiger partial charge is 0.306 e. The number of allylic oxidation sites excluding steroid dienone is 10. The number of carbonyl (C=O) groups is 2. The molecule has 0 aliphatic heterocycles. The zero-order valence-corrected chi connectivity index (χ0v) is 41.4. The van der Waals surface area contributed by atoms with Crippen LogP contribution < -0.4 is 0 Å². The van der Waals surface area contributed by atoms with Gasteiger partial charge in [0.1, 0.15) is 6.61 Å². The fourth-order valence-corrected chi connectivity index (χ4v) is 7.58. The molecule has 1 unspecified atom stereocenters. The molecule has 0 spiro atoms. The van der Waals surface area contributed by atoms with Crippen LogP contribution in [-0.4, -0.2) is 37.9 Å². The second-order valence-electron chi connectivity index (χ2n) is 17.8. The number of ether oxygens (including phenoxy) is 3. The van der Waals surface area contributed by atoms with Gasteiger partial charge < -0.3 is 14.2 Å². The Morgan fingerprint density at radius 2 is 0.758 bits per heavy atom. The maximum absolute atomic E-state index is 12.8. The van der Waals surface area contributed by atoms with Gasteiger partial charge in [0.25, 0.3) is 0 Å². The lowest BCUT2D eigenvalue weighted by molar-refractivity contribution is -0.162. The first-order valence-electron chi connectivity index (χ1n) is 26.8. The molecule has 0 aromatic carbocycles. The van der Waals surface area contributed by atoms with Gasteiger partial charge in [-0.15, -0.1) is 0 Å². The normalized spacial score (nSPS) is 12.6. The molecule has 5 heteroatoms. The van der Waals surface area contributed by atoms with Crippen LogP contribution in [0.5, 0.6) is 0 Å². The number of hydrogen-bond acceptors (Lipinski definition) is 5. The number of esters is 2. The quantitative estimate of drug-likeness (QED) is 0.0346. The van der Waals surface area contributed by atoms with Crippen molar-refractivity contribution in [2.24, 2.45) is 0 Å². The van der Waals surface area contributed by atoms with Crippen LogP contribution in [-0.2, 0) is 23.8 Å². The van der Waals surface area contributed by atoms with Crippen molar-refractivity contribution in [1.29, 1.82) is 0 Å². The zero-order chi connectivity index (χ0) is 44.9. The molecule has 0 fully saturated rings. The second-order valence-corrected chi connectivity index (χ2v) is 17.8. The van der Waals surface area contributed by atoms with Crippen LogP contribution in [0.2, 0.25) is 0 Å². The number of rotatable bonds is 49. The molecule has 5 nitrogen and oxygen atoms in total. The molecule has 0 aromatic rings. The van der Waals surface area contributed by atoms with E-state index >= 15 is 0 Å². The van der Waals surface area contributed by atoms with Gasteiger partial charge in [0.05, 0.1) is 6.61 Å². The van der Waals surface area contributed by atoms with Crippen molar-refractivity contribution in [3.05, 3.63) is 60.8 Å². The van der Waals surface area contributed by atoms with Gasteiger partial charge >= 0.3 is 11.9 Å². The lowest BCUT2D eigenvalue weighted by Crippen LogP contribution is -2.30. The van der Waals surface area contributed by atoms with Gasteiger partial charge in [-0.25, -0.2) is 0 Å². The van der Waals surface area contributed by atoms with Crippen LogP contribution in [0.3, 0.4) is 0 Å². The molecule has 0 radical (unpaired) electrons. The van der Waals surface area contributed by atoms with Crippen molar-refractivity contribution in [1.82, 2.24) is 0 Å². The van der Waals surface area contributed by atoms with E-state index in [1.165, 1.54) is 173 Å². The summed E-state index contributed by atoms with van der Waals surface area (Å²) in [5.41, 5.74) is 0. The summed E-state index contributed by atoms with van der Waals surface area (Å²) in [5, 5.41) is 0. The minimum Gasteiger partial charge on any atom is -0.462 e. The molecule has 0 amide bonds. The number of hydrogen-bond donors (Lipinski definition) is 0. The summed E-state index contributed by atoms with van der Waals surface area (Å²) in [6, 6.07) is 0. The van der Waals surface area contributed by atoms with Gasteiger partial charge in [-0.1, -0.05) is 242 Å². The molecule has 0 aliphatic rings. The van der Waals surface area contributed by atoms with Crippen molar-refractivity contribution in [2.75, 3.05) is 19.8 Å². The fraction of sp³-hybridized carbons (Fsp3) is 0.789. The predicted octanol–water partition coefficient (Wildman–Crippen LogP) is 18.1. The molecule has 360 valence electrons. The maximum Gasteiger partial charge on any atom is 0.306 e. The van der Waals surface area contributed by atoms with E-state index in [0.717, 1.165) is 51.4 Å².